The zero-order chi connectivity index (χ0) is 17.6. The van der Waals surface area contributed by atoms with E-state index in [4.69, 9.17) is 4.74 Å². The SMILES string of the molecule is CCN(CC(=O)NC(C)C)C(=O)C(C)Oc1ccc(C)cc1Br. The summed E-state index contributed by atoms with van der Waals surface area (Å²) in [4.78, 5) is 25.8. The van der Waals surface area contributed by atoms with E-state index in [-0.39, 0.29) is 24.4 Å². The molecule has 1 unspecified atom stereocenters. The Morgan fingerprint density at radius 3 is 2.48 bits per heavy atom. The molecule has 0 spiro atoms. The van der Waals surface area contributed by atoms with E-state index in [9.17, 15) is 9.59 Å². The van der Waals surface area contributed by atoms with E-state index < -0.39 is 6.10 Å². The average Bonchev–Trinajstić information content (AvgIpc) is 2.46. The quantitative estimate of drug-likeness (QED) is 0.785. The summed E-state index contributed by atoms with van der Waals surface area (Å²) in [5.41, 5.74) is 1.10. The maximum Gasteiger partial charge on any atom is 0.263 e. The first-order valence-corrected chi connectivity index (χ1v) is 8.54. The number of halogens is 1. The van der Waals surface area contributed by atoms with Crippen molar-refractivity contribution in [1.29, 1.82) is 0 Å². The summed E-state index contributed by atoms with van der Waals surface area (Å²) < 4.78 is 6.54. The summed E-state index contributed by atoms with van der Waals surface area (Å²) in [6, 6.07) is 5.73. The van der Waals surface area contributed by atoms with Crippen molar-refractivity contribution in [2.45, 2.75) is 46.8 Å². The second-order valence-electron chi connectivity index (χ2n) is 5.77. The van der Waals surface area contributed by atoms with E-state index in [0.29, 0.717) is 12.3 Å². The highest BCUT2D eigenvalue weighted by Crippen LogP contribution is 2.26. The first-order chi connectivity index (χ1) is 10.7. The monoisotopic (exact) mass is 384 g/mol. The second-order valence-corrected chi connectivity index (χ2v) is 6.62. The van der Waals surface area contributed by atoms with Gasteiger partial charge in [-0.2, -0.15) is 0 Å². The lowest BCUT2D eigenvalue weighted by Crippen LogP contribution is -2.46. The molecule has 0 radical (unpaired) electrons. The predicted molar refractivity (Wildman–Crippen MR) is 94.5 cm³/mol. The zero-order valence-electron chi connectivity index (χ0n) is 14.4. The first kappa shape index (κ1) is 19.5. The van der Waals surface area contributed by atoms with E-state index in [1.54, 1.807) is 6.92 Å². The van der Waals surface area contributed by atoms with Crippen LogP contribution in [0, 0.1) is 6.92 Å². The van der Waals surface area contributed by atoms with E-state index in [2.05, 4.69) is 21.2 Å². The van der Waals surface area contributed by atoms with Gasteiger partial charge in [-0.15, -0.1) is 0 Å². The van der Waals surface area contributed by atoms with Crippen LogP contribution in [-0.2, 0) is 9.59 Å². The Kier molecular flexibility index (Phi) is 7.55. The van der Waals surface area contributed by atoms with Crippen LogP contribution >= 0.6 is 15.9 Å². The van der Waals surface area contributed by atoms with Gasteiger partial charge in [0.1, 0.15) is 5.75 Å². The van der Waals surface area contributed by atoms with Crippen LogP contribution in [0.25, 0.3) is 0 Å². The predicted octanol–water partition coefficient (Wildman–Crippen LogP) is 2.90. The normalized spacial score (nSPS) is 12.0. The molecule has 1 atom stereocenters. The number of hydrogen-bond acceptors (Lipinski definition) is 3. The zero-order valence-corrected chi connectivity index (χ0v) is 15.9. The standard InChI is InChI=1S/C17H25BrN2O3/c1-6-20(10-16(21)19-11(2)3)17(22)13(5)23-15-8-7-12(4)9-14(15)18/h7-9,11,13H,6,10H2,1-5H3,(H,19,21). The molecule has 5 nitrogen and oxygen atoms in total. The van der Waals surface area contributed by atoms with Crippen molar-refractivity contribution in [3.05, 3.63) is 28.2 Å². The molecule has 0 aliphatic heterocycles. The number of benzene rings is 1. The minimum Gasteiger partial charge on any atom is -0.480 e. The van der Waals surface area contributed by atoms with Gasteiger partial charge in [-0.05, 0) is 68.2 Å². The van der Waals surface area contributed by atoms with Crippen LogP contribution in [0.1, 0.15) is 33.3 Å². The van der Waals surface area contributed by atoms with Crippen LogP contribution in [0.5, 0.6) is 5.75 Å². The molecule has 0 fully saturated rings. The van der Waals surface area contributed by atoms with Crippen molar-refractivity contribution in [2.75, 3.05) is 13.1 Å². The third kappa shape index (κ3) is 6.22. The topological polar surface area (TPSA) is 58.6 Å². The van der Waals surface area contributed by atoms with Gasteiger partial charge in [0.15, 0.2) is 6.10 Å². The molecule has 0 aliphatic rings. The van der Waals surface area contributed by atoms with Crippen molar-refractivity contribution >= 4 is 27.7 Å². The Bertz CT molecular complexity index is 561. The molecule has 0 saturated carbocycles. The molecule has 128 valence electrons. The summed E-state index contributed by atoms with van der Waals surface area (Å²) in [5.74, 6) is 0.233. The van der Waals surface area contributed by atoms with Gasteiger partial charge >= 0.3 is 0 Å². The Hall–Kier alpha value is -1.56. The number of likely N-dealkylation sites (N-methyl/N-ethyl adjacent to an activating group) is 1. The molecule has 1 aromatic carbocycles. The van der Waals surface area contributed by atoms with Crippen molar-refractivity contribution in [1.82, 2.24) is 10.2 Å². The van der Waals surface area contributed by atoms with Crippen LogP contribution in [0.15, 0.2) is 22.7 Å². The number of ether oxygens (including phenoxy) is 1. The third-order valence-electron chi connectivity index (χ3n) is 3.22. The highest BCUT2D eigenvalue weighted by molar-refractivity contribution is 9.10. The lowest BCUT2D eigenvalue weighted by Gasteiger charge is -2.25. The molecule has 1 N–H and O–H groups in total. The van der Waals surface area contributed by atoms with Crippen molar-refractivity contribution in [2.24, 2.45) is 0 Å². The lowest BCUT2D eigenvalue weighted by atomic mass is 10.2. The number of carbonyl (C=O) groups excluding carboxylic acids is 2. The van der Waals surface area contributed by atoms with Crippen LogP contribution in [-0.4, -0.2) is 41.9 Å². The summed E-state index contributed by atoms with van der Waals surface area (Å²) in [5, 5.41) is 2.79. The molecule has 0 saturated heterocycles. The summed E-state index contributed by atoms with van der Waals surface area (Å²) in [7, 11) is 0. The molecule has 0 bridgehead atoms. The molecule has 23 heavy (non-hydrogen) atoms. The van der Waals surface area contributed by atoms with E-state index >= 15 is 0 Å². The summed E-state index contributed by atoms with van der Waals surface area (Å²) >= 11 is 3.43. The third-order valence-corrected chi connectivity index (χ3v) is 3.84. The largest absolute Gasteiger partial charge is 0.480 e. The van der Waals surface area contributed by atoms with E-state index in [1.807, 2.05) is 45.9 Å². The highest BCUT2D eigenvalue weighted by atomic mass is 79.9. The lowest BCUT2D eigenvalue weighted by molar-refractivity contribution is -0.141. The van der Waals surface area contributed by atoms with Crippen molar-refractivity contribution in [3.63, 3.8) is 0 Å². The van der Waals surface area contributed by atoms with Crippen molar-refractivity contribution in [3.8, 4) is 5.75 Å². The van der Waals surface area contributed by atoms with E-state index in [1.165, 1.54) is 4.90 Å². The Labute approximate surface area is 146 Å². The number of hydrogen-bond donors (Lipinski definition) is 1. The molecule has 2 amide bonds. The fourth-order valence-electron chi connectivity index (χ4n) is 2.09. The average molecular weight is 385 g/mol. The van der Waals surface area contributed by atoms with Crippen LogP contribution in [0.3, 0.4) is 0 Å². The molecule has 1 aromatic rings. The smallest absolute Gasteiger partial charge is 0.263 e. The Morgan fingerprint density at radius 2 is 1.96 bits per heavy atom. The van der Waals surface area contributed by atoms with Gasteiger partial charge in [-0.3, -0.25) is 9.59 Å². The summed E-state index contributed by atoms with van der Waals surface area (Å²) in [6.45, 7) is 9.78. The number of aryl methyl sites for hydroxylation is 1. The Morgan fingerprint density at radius 1 is 1.30 bits per heavy atom. The van der Waals surface area contributed by atoms with Gasteiger partial charge in [0.2, 0.25) is 5.91 Å². The van der Waals surface area contributed by atoms with Gasteiger partial charge in [0, 0.05) is 12.6 Å². The fourth-order valence-corrected chi connectivity index (χ4v) is 2.67. The number of rotatable bonds is 7. The van der Waals surface area contributed by atoms with Gasteiger partial charge in [0.25, 0.3) is 5.91 Å². The number of amides is 2. The highest BCUT2D eigenvalue weighted by Gasteiger charge is 2.23. The van der Waals surface area contributed by atoms with Crippen LogP contribution in [0.2, 0.25) is 0 Å². The molecule has 0 aromatic heterocycles. The molecular formula is C17H25BrN2O3. The molecule has 1 rings (SSSR count). The van der Waals surface area contributed by atoms with Gasteiger partial charge in [0.05, 0.1) is 11.0 Å². The van der Waals surface area contributed by atoms with Gasteiger partial charge in [-0.25, -0.2) is 0 Å². The van der Waals surface area contributed by atoms with Crippen molar-refractivity contribution < 1.29 is 14.3 Å². The Balaban J connectivity index is 2.71. The molecule has 0 heterocycles. The maximum absolute atomic E-state index is 12.5. The minimum atomic E-state index is -0.666. The molecule has 0 aliphatic carbocycles. The fraction of sp³-hybridized carbons (Fsp3) is 0.529. The van der Waals surface area contributed by atoms with Crippen LogP contribution < -0.4 is 10.1 Å². The van der Waals surface area contributed by atoms with E-state index in [0.717, 1.165) is 10.0 Å². The number of nitrogens with zero attached hydrogens (tertiary/aromatic N) is 1. The van der Waals surface area contributed by atoms with Crippen LogP contribution in [0.4, 0.5) is 0 Å². The number of carbonyl (C=O) groups is 2. The first-order valence-electron chi connectivity index (χ1n) is 7.75. The number of nitrogens with one attached hydrogen (secondary N) is 1. The van der Waals surface area contributed by atoms with Gasteiger partial charge in [-0.1, -0.05) is 6.07 Å². The molecule has 6 heteroatoms. The maximum atomic E-state index is 12.5. The minimum absolute atomic E-state index is 0.0380. The van der Waals surface area contributed by atoms with Gasteiger partial charge < -0.3 is 15.0 Å². The summed E-state index contributed by atoms with van der Waals surface area (Å²) in [6.07, 6.45) is -0.666. The molecular weight excluding hydrogens is 360 g/mol. The second kappa shape index (κ2) is 8.91.